The minimum Gasteiger partial charge on any atom is -0.469 e. The van der Waals surface area contributed by atoms with Crippen LogP contribution < -0.4 is 0 Å². The van der Waals surface area contributed by atoms with Crippen molar-refractivity contribution in [1.82, 2.24) is 4.90 Å². The highest BCUT2D eigenvalue weighted by molar-refractivity contribution is 5.86. The molecule has 5 heteroatoms. The van der Waals surface area contributed by atoms with E-state index in [0.29, 0.717) is 18.5 Å². The van der Waals surface area contributed by atoms with Crippen molar-refractivity contribution < 1.29 is 14.3 Å². The molecule has 128 valence electrons. The predicted octanol–water partition coefficient (Wildman–Crippen LogP) is 2.88. The van der Waals surface area contributed by atoms with Crippen molar-refractivity contribution in [2.75, 3.05) is 7.11 Å². The van der Waals surface area contributed by atoms with E-state index in [2.05, 4.69) is 6.07 Å². The first-order chi connectivity index (χ1) is 11.5. The molecule has 1 saturated carbocycles. The van der Waals surface area contributed by atoms with Gasteiger partial charge in [-0.05, 0) is 44.4 Å². The predicted molar refractivity (Wildman–Crippen MR) is 89.7 cm³/mol. The van der Waals surface area contributed by atoms with Gasteiger partial charge in [0.05, 0.1) is 30.6 Å². The molecule has 24 heavy (non-hydrogen) atoms. The van der Waals surface area contributed by atoms with E-state index in [4.69, 9.17) is 10.00 Å². The van der Waals surface area contributed by atoms with Crippen LogP contribution in [0.15, 0.2) is 24.3 Å². The molecular weight excluding hydrogens is 304 g/mol. The molecule has 0 saturated heterocycles. The number of ether oxygens (including phenoxy) is 1. The molecule has 0 unspecified atom stereocenters. The lowest BCUT2D eigenvalue weighted by atomic mass is 9.94. The van der Waals surface area contributed by atoms with Crippen LogP contribution >= 0.6 is 0 Å². The Morgan fingerprint density at radius 2 is 1.88 bits per heavy atom. The molecule has 0 heterocycles. The van der Waals surface area contributed by atoms with Crippen LogP contribution in [0.1, 0.15) is 44.2 Å². The molecule has 0 aromatic heterocycles. The lowest BCUT2D eigenvalue weighted by molar-refractivity contribution is -0.152. The highest BCUT2D eigenvalue weighted by atomic mass is 16.5. The van der Waals surface area contributed by atoms with Gasteiger partial charge in [-0.15, -0.1) is 0 Å². The molecule has 1 fully saturated rings. The van der Waals surface area contributed by atoms with Gasteiger partial charge < -0.3 is 9.64 Å². The zero-order chi connectivity index (χ0) is 17.7. The van der Waals surface area contributed by atoms with Gasteiger partial charge in [0.15, 0.2) is 0 Å². The fraction of sp³-hybridized carbons (Fsp3) is 0.526. The summed E-state index contributed by atoms with van der Waals surface area (Å²) in [4.78, 5) is 26.8. The second-order valence-electron chi connectivity index (χ2n) is 6.54. The van der Waals surface area contributed by atoms with Crippen LogP contribution in [0.5, 0.6) is 0 Å². The van der Waals surface area contributed by atoms with Crippen molar-refractivity contribution in [1.29, 1.82) is 5.26 Å². The van der Waals surface area contributed by atoms with E-state index in [1.54, 1.807) is 12.1 Å². The van der Waals surface area contributed by atoms with E-state index >= 15 is 0 Å². The zero-order valence-electron chi connectivity index (χ0n) is 14.5. The number of rotatable bonds is 5. The fourth-order valence-electron chi connectivity index (χ4n) is 3.30. The minimum absolute atomic E-state index is 0.0160. The van der Waals surface area contributed by atoms with Crippen LogP contribution in [-0.4, -0.2) is 29.9 Å². The second-order valence-corrected chi connectivity index (χ2v) is 6.54. The third-order valence-electron chi connectivity index (χ3n) is 4.68. The molecule has 2 atom stereocenters. The second kappa shape index (κ2) is 7.96. The smallest absolute Gasteiger partial charge is 0.309 e. The van der Waals surface area contributed by atoms with Crippen LogP contribution in [0.2, 0.25) is 0 Å². The number of carbonyl (C=O) groups is 2. The van der Waals surface area contributed by atoms with E-state index in [-0.39, 0.29) is 29.8 Å². The number of esters is 1. The minimum atomic E-state index is -0.329. The Kier molecular flexibility index (Phi) is 5.97. The molecule has 1 aliphatic rings. The summed E-state index contributed by atoms with van der Waals surface area (Å²) in [5, 5.41) is 8.88. The van der Waals surface area contributed by atoms with Crippen LogP contribution in [0.4, 0.5) is 0 Å². The number of methoxy groups -OCH3 is 1. The van der Waals surface area contributed by atoms with Gasteiger partial charge in [-0.3, -0.25) is 9.59 Å². The van der Waals surface area contributed by atoms with Crippen LogP contribution in [0.3, 0.4) is 0 Å². The monoisotopic (exact) mass is 328 g/mol. The van der Waals surface area contributed by atoms with Gasteiger partial charge >= 0.3 is 5.97 Å². The fourth-order valence-corrected chi connectivity index (χ4v) is 3.30. The Hall–Kier alpha value is -2.35. The normalized spacial score (nSPS) is 19.8. The highest BCUT2D eigenvalue weighted by Gasteiger charge is 2.40. The van der Waals surface area contributed by atoms with Crippen molar-refractivity contribution >= 4 is 11.9 Å². The molecule has 0 N–H and O–H groups in total. The van der Waals surface area contributed by atoms with Gasteiger partial charge in [0, 0.05) is 12.6 Å². The van der Waals surface area contributed by atoms with Crippen molar-refractivity contribution in [2.45, 2.75) is 45.7 Å². The maximum atomic E-state index is 13.0. The standard InChI is InChI=1S/C19H24N2O3/c1-13(2)21(12-15-9-7-14(11-20)8-10-15)18(22)16-5-4-6-17(16)19(23)24-3/h7-10,13,16-17H,4-6,12H2,1-3H3/t16-,17+/m0/s1. The first kappa shape index (κ1) is 18.0. The molecular formula is C19H24N2O3. The maximum absolute atomic E-state index is 13.0. The van der Waals surface area contributed by atoms with Crippen molar-refractivity contribution in [2.24, 2.45) is 11.8 Å². The summed E-state index contributed by atoms with van der Waals surface area (Å²) < 4.78 is 4.86. The molecule has 2 rings (SSSR count). The van der Waals surface area contributed by atoms with Gasteiger partial charge in [-0.1, -0.05) is 18.6 Å². The largest absolute Gasteiger partial charge is 0.469 e. The molecule has 1 aromatic carbocycles. The summed E-state index contributed by atoms with van der Waals surface area (Å²) >= 11 is 0. The average molecular weight is 328 g/mol. The average Bonchev–Trinajstić information content (AvgIpc) is 3.08. The number of nitrogens with zero attached hydrogens (tertiary/aromatic N) is 2. The molecule has 0 radical (unpaired) electrons. The first-order valence-corrected chi connectivity index (χ1v) is 8.35. The molecule has 1 aliphatic carbocycles. The van der Waals surface area contributed by atoms with Crippen molar-refractivity contribution in [3.05, 3.63) is 35.4 Å². The summed E-state index contributed by atoms with van der Waals surface area (Å²) in [6.07, 6.45) is 2.32. The molecule has 0 aliphatic heterocycles. The lowest BCUT2D eigenvalue weighted by Gasteiger charge is -2.31. The van der Waals surface area contributed by atoms with E-state index in [1.807, 2.05) is 30.9 Å². The van der Waals surface area contributed by atoms with E-state index < -0.39 is 0 Å². The molecule has 0 spiro atoms. The van der Waals surface area contributed by atoms with E-state index in [1.165, 1.54) is 7.11 Å². The van der Waals surface area contributed by atoms with Gasteiger partial charge in [0.1, 0.15) is 0 Å². The quantitative estimate of drug-likeness (QED) is 0.779. The van der Waals surface area contributed by atoms with E-state index in [9.17, 15) is 9.59 Å². The molecule has 5 nitrogen and oxygen atoms in total. The number of carbonyl (C=O) groups excluding carboxylic acids is 2. The third-order valence-corrected chi connectivity index (χ3v) is 4.68. The number of amides is 1. The summed E-state index contributed by atoms with van der Waals surface area (Å²) in [5.74, 6) is -0.891. The van der Waals surface area contributed by atoms with Crippen LogP contribution in [0.25, 0.3) is 0 Å². The lowest BCUT2D eigenvalue weighted by Crippen LogP contribution is -2.42. The summed E-state index contributed by atoms with van der Waals surface area (Å²) in [5.41, 5.74) is 1.58. The van der Waals surface area contributed by atoms with Crippen molar-refractivity contribution in [3.63, 3.8) is 0 Å². The Morgan fingerprint density at radius 1 is 1.25 bits per heavy atom. The number of benzene rings is 1. The van der Waals surface area contributed by atoms with Gasteiger partial charge in [-0.2, -0.15) is 5.26 Å². The van der Waals surface area contributed by atoms with Crippen molar-refractivity contribution in [3.8, 4) is 6.07 Å². The van der Waals surface area contributed by atoms with E-state index in [0.717, 1.165) is 18.4 Å². The Morgan fingerprint density at radius 3 is 2.42 bits per heavy atom. The maximum Gasteiger partial charge on any atom is 0.309 e. The zero-order valence-corrected chi connectivity index (χ0v) is 14.5. The number of hydrogen-bond acceptors (Lipinski definition) is 4. The van der Waals surface area contributed by atoms with Crippen LogP contribution in [-0.2, 0) is 20.9 Å². The SMILES string of the molecule is COC(=O)[C@@H]1CCC[C@@H]1C(=O)N(Cc1ccc(C#N)cc1)C(C)C. The van der Waals surface area contributed by atoms with Gasteiger partial charge in [-0.25, -0.2) is 0 Å². The molecule has 0 bridgehead atoms. The third kappa shape index (κ3) is 3.94. The Labute approximate surface area is 143 Å². The summed E-state index contributed by atoms with van der Waals surface area (Å²) in [6, 6.07) is 9.37. The number of nitriles is 1. The van der Waals surface area contributed by atoms with Gasteiger partial charge in [0.25, 0.3) is 0 Å². The Bertz CT molecular complexity index is 631. The summed E-state index contributed by atoms with van der Waals surface area (Å²) in [7, 11) is 1.37. The number of hydrogen-bond donors (Lipinski definition) is 0. The van der Waals surface area contributed by atoms with Crippen LogP contribution in [0, 0.1) is 23.2 Å². The first-order valence-electron chi connectivity index (χ1n) is 8.35. The van der Waals surface area contributed by atoms with Gasteiger partial charge in [0.2, 0.25) is 5.91 Å². The molecule has 1 amide bonds. The highest BCUT2D eigenvalue weighted by Crippen LogP contribution is 2.34. The Balaban J connectivity index is 2.15. The molecule has 1 aromatic rings. The summed E-state index contributed by atoms with van der Waals surface area (Å²) in [6.45, 7) is 4.43. The topological polar surface area (TPSA) is 70.4 Å².